The van der Waals surface area contributed by atoms with Gasteiger partial charge in [-0.05, 0) is 38.5 Å². The minimum Gasteiger partial charge on any atom is -0.391 e. The Labute approximate surface area is 272 Å². The predicted octanol–water partition coefficient (Wildman–Crippen LogP) is 8.85. The maximum Gasteiger partial charge on any atom is 0.472 e. The van der Waals surface area contributed by atoms with Gasteiger partial charge in [-0.2, -0.15) is 0 Å². The molecule has 44 heavy (non-hydrogen) atoms. The lowest BCUT2D eigenvalue weighted by Gasteiger charge is -2.26. The van der Waals surface area contributed by atoms with Crippen LogP contribution in [0.25, 0.3) is 0 Å². The van der Waals surface area contributed by atoms with E-state index in [9.17, 15) is 19.4 Å². The van der Waals surface area contributed by atoms with Crippen molar-refractivity contribution in [1.82, 2.24) is 5.32 Å². The second kappa shape index (κ2) is 28.5. The molecule has 0 rings (SSSR count). The topological polar surface area (TPSA) is 105 Å². The van der Waals surface area contributed by atoms with Crippen molar-refractivity contribution >= 4 is 13.7 Å². The number of allylic oxidation sites excluding steroid dienone is 2. The summed E-state index contributed by atoms with van der Waals surface area (Å²) in [7, 11) is 1.60. The van der Waals surface area contributed by atoms with Crippen LogP contribution in [0.1, 0.15) is 155 Å². The Hall–Kier alpha value is -0.760. The molecule has 0 aliphatic heterocycles. The number of carbonyl (C=O) groups excluding carboxylic acids is 1. The first-order chi connectivity index (χ1) is 21.0. The van der Waals surface area contributed by atoms with E-state index in [1.807, 2.05) is 21.1 Å². The maximum atomic E-state index is 12.7. The molecule has 3 atom stereocenters. The molecule has 0 aromatic heterocycles. The van der Waals surface area contributed by atoms with Gasteiger partial charge in [-0.25, -0.2) is 4.57 Å². The van der Waals surface area contributed by atoms with Crippen LogP contribution in [-0.2, 0) is 18.4 Å². The molecule has 0 bridgehead atoms. The van der Waals surface area contributed by atoms with E-state index in [1.54, 1.807) is 0 Å². The Morgan fingerprint density at radius 1 is 0.750 bits per heavy atom. The second-order valence-electron chi connectivity index (χ2n) is 13.6. The van der Waals surface area contributed by atoms with Crippen LogP contribution in [0, 0.1) is 0 Å². The molecule has 0 spiro atoms. The average molecular weight is 648 g/mol. The quantitative estimate of drug-likeness (QED) is 0.0292. The number of nitrogens with one attached hydrogen (secondary N) is 1. The van der Waals surface area contributed by atoms with E-state index in [1.165, 1.54) is 83.5 Å². The Bertz CT molecular complexity index is 743. The van der Waals surface area contributed by atoms with Crippen molar-refractivity contribution in [2.24, 2.45) is 0 Å². The number of amides is 1. The van der Waals surface area contributed by atoms with E-state index in [0.717, 1.165) is 44.9 Å². The van der Waals surface area contributed by atoms with Crippen LogP contribution >= 0.6 is 7.82 Å². The molecule has 9 heteroatoms. The molecular formula is C35H72N2O6P+. The molecule has 8 nitrogen and oxygen atoms in total. The van der Waals surface area contributed by atoms with E-state index < -0.39 is 20.0 Å². The summed E-state index contributed by atoms with van der Waals surface area (Å²) in [6.07, 6.45) is 28.1. The van der Waals surface area contributed by atoms with Crippen molar-refractivity contribution in [2.75, 3.05) is 40.9 Å². The summed E-state index contributed by atoms with van der Waals surface area (Å²) in [4.78, 5) is 22.9. The van der Waals surface area contributed by atoms with E-state index in [-0.39, 0.29) is 19.1 Å². The van der Waals surface area contributed by atoms with Crippen LogP contribution in [-0.4, -0.2) is 73.4 Å². The average Bonchev–Trinajstić information content (AvgIpc) is 2.95. The number of phosphoric acid groups is 1. The number of aliphatic hydroxyl groups excluding tert-OH is 1. The molecule has 1 unspecified atom stereocenters. The Balaban J connectivity index is 4.55. The van der Waals surface area contributed by atoms with E-state index in [2.05, 4.69) is 31.3 Å². The largest absolute Gasteiger partial charge is 0.472 e. The zero-order valence-electron chi connectivity index (χ0n) is 29.4. The first kappa shape index (κ1) is 43.2. The molecule has 0 radical (unpaired) electrons. The smallest absolute Gasteiger partial charge is 0.391 e. The highest BCUT2D eigenvalue weighted by molar-refractivity contribution is 7.47. The first-order valence-corrected chi connectivity index (χ1v) is 19.5. The number of quaternary nitrogens is 1. The van der Waals surface area contributed by atoms with Crippen LogP contribution in [0.2, 0.25) is 0 Å². The Morgan fingerprint density at radius 2 is 1.23 bits per heavy atom. The Morgan fingerprint density at radius 3 is 1.75 bits per heavy atom. The zero-order chi connectivity index (χ0) is 32.9. The maximum absolute atomic E-state index is 12.7. The van der Waals surface area contributed by atoms with Crippen molar-refractivity contribution in [3.63, 3.8) is 0 Å². The third kappa shape index (κ3) is 29.9. The molecule has 0 fully saturated rings. The van der Waals surface area contributed by atoms with E-state index >= 15 is 0 Å². The normalized spacial score (nSPS) is 15.0. The highest BCUT2D eigenvalue weighted by atomic mass is 31.2. The third-order valence-corrected chi connectivity index (χ3v) is 9.00. The van der Waals surface area contributed by atoms with Crippen molar-refractivity contribution < 1.29 is 32.9 Å². The second-order valence-corrected chi connectivity index (χ2v) is 15.1. The van der Waals surface area contributed by atoms with Crippen LogP contribution in [0.3, 0.4) is 0 Å². The summed E-state index contributed by atoms with van der Waals surface area (Å²) >= 11 is 0. The fourth-order valence-electron chi connectivity index (χ4n) is 5.04. The highest BCUT2D eigenvalue weighted by Crippen LogP contribution is 2.43. The molecule has 262 valence electrons. The molecule has 0 saturated heterocycles. The number of phosphoric ester groups is 1. The van der Waals surface area contributed by atoms with Crippen molar-refractivity contribution in [3.05, 3.63) is 12.2 Å². The molecule has 0 aromatic rings. The number of carbonyl (C=O) groups is 1. The van der Waals surface area contributed by atoms with Crippen LogP contribution in [0.4, 0.5) is 0 Å². The number of aliphatic hydroxyl groups is 1. The van der Waals surface area contributed by atoms with Gasteiger partial charge >= 0.3 is 7.82 Å². The lowest BCUT2D eigenvalue weighted by molar-refractivity contribution is -0.870. The lowest BCUT2D eigenvalue weighted by atomic mass is 10.0. The fourth-order valence-corrected chi connectivity index (χ4v) is 5.77. The minimum atomic E-state index is -4.30. The van der Waals surface area contributed by atoms with Gasteiger partial charge < -0.3 is 19.8 Å². The summed E-state index contributed by atoms with van der Waals surface area (Å²) in [6.45, 7) is 4.81. The van der Waals surface area contributed by atoms with Crippen molar-refractivity contribution in [2.45, 2.75) is 167 Å². The lowest BCUT2D eigenvalue weighted by Crippen LogP contribution is -2.46. The SMILES string of the molecule is CCCCCCCCC/C=C/CCCC[C@@H](O)[C@H](COP(=O)(O)OCC[N+](C)(C)C)NC(=O)CCCCCCCCCCC. The Kier molecular flexibility index (Phi) is 28.0. The molecule has 0 saturated carbocycles. The molecule has 1 amide bonds. The summed E-state index contributed by atoms with van der Waals surface area (Å²) in [6, 6.07) is -0.767. The van der Waals surface area contributed by atoms with Gasteiger partial charge in [0.2, 0.25) is 5.91 Å². The molecule has 3 N–H and O–H groups in total. The van der Waals surface area contributed by atoms with Crippen molar-refractivity contribution in [3.8, 4) is 0 Å². The van der Waals surface area contributed by atoms with Gasteiger partial charge in [0.1, 0.15) is 13.2 Å². The molecule has 0 heterocycles. The fraction of sp³-hybridized carbons (Fsp3) is 0.914. The number of unbranched alkanes of at least 4 members (excludes halogenated alkanes) is 17. The molecule has 0 aliphatic rings. The van der Waals surface area contributed by atoms with Gasteiger partial charge in [0.05, 0.1) is 39.9 Å². The van der Waals surface area contributed by atoms with Crippen molar-refractivity contribution in [1.29, 1.82) is 0 Å². The number of hydrogen-bond donors (Lipinski definition) is 3. The van der Waals surface area contributed by atoms with E-state index in [0.29, 0.717) is 23.9 Å². The monoisotopic (exact) mass is 648 g/mol. The number of rotatable bonds is 32. The van der Waals surface area contributed by atoms with Gasteiger partial charge in [-0.15, -0.1) is 0 Å². The summed E-state index contributed by atoms with van der Waals surface area (Å²) in [5, 5.41) is 13.8. The summed E-state index contributed by atoms with van der Waals surface area (Å²) in [5.41, 5.74) is 0. The standard InChI is InChI=1S/C35H71N2O6P/c1-6-8-10-12-14-16-17-18-19-21-22-24-26-28-34(38)33(32-43-44(40,41)42-31-30-37(3,4)5)36-35(39)29-27-25-23-20-15-13-11-9-7-2/h19,21,33-34,38H,6-18,20,22-32H2,1-5H3,(H-,36,39,40,41)/p+1/b21-19+/t33-,34+/m0/s1. The number of nitrogens with zero attached hydrogens (tertiary/aromatic N) is 1. The molecule has 0 aromatic carbocycles. The summed E-state index contributed by atoms with van der Waals surface area (Å²) in [5.74, 6) is -0.160. The van der Waals surface area contributed by atoms with E-state index in [4.69, 9.17) is 9.05 Å². The van der Waals surface area contributed by atoms with Crippen LogP contribution in [0.5, 0.6) is 0 Å². The predicted molar refractivity (Wildman–Crippen MR) is 185 cm³/mol. The molecular weight excluding hydrogens is 575 g/mol. The van der Waals surface area contributed by atoms with Gasteiger partial charge in [0.25, 0.3) is 0 Å². The first-order valence-electron chi connectivity index (χ1n) is 18.1. The number of hydrogen-bond acceptors (Lipinski definition) is 5. The molecule has 0 aliphatic carbocycles. The van der Waals surface area contributed by atoms with Gasteiger partial charge in [-0.3, -0.25) is 13.8 Å². The van der Waals surface area contributed by atoms with Crippen LogP contribution < -0.4 is 5.32 Å². The number of likely N-dealkylation sites (N-methyl/N-ethyl adjacent to an activating group) is 1. The zero-order valence-corrected chi connectivity index (χ0v) is 30.3. The summed E-state index contributed by atoms with van der Waals surface area (Å²) < 4.78 is 23.4. The third-order valence-electron chi connectivity index (χ3n) is 8.01. The highest BCUT2D eigenvalue weighted by Gasteiger charge is 2.28. The van der Waals surface area contributed by atoms with Gasteiger partial charge in [0.15, 0.2) is 0 Å². The minimum absolute atomic E-state index is 0.0714. The van der Waals surface area contributed by atoms with Gasteiger partial charge in [-0.1, -0.05) is 122 Å². The van der Waals surface area contributed by atoms with Gasteiger partial charge in [0, 0.05) is 6.42 Å². The van der Waals surface area contributed by atoms with Crippen LogP contribution in [0.15, 0.2) is 12.2 Å².